The van der Waals surface area contributed by atoms with Gasteiger partial charge in [0.15, 0.2) is 0 Å². The molecule has 1 heterocycles. The number of hydrogen-bond acceptors (Lipinski definition) is 4. The number of carbonyl (C=O) groups excluding carboxylic acids is 2. The van der Waals surface area contributed by atoms with E-state index < -0.39 is 88.0 Å². The van der Waals surface area contributed by atoms with E-state index in [9.17, 15) is 62.3 Å². The third kappa shape index (κ3) is 7.93. The molecule has 18 heteroatoms. The molecule has 0 spiro atoms. The minimum Gasteiger partial charge on any atom is -0.496 e. The number of anilines is 1. The highest BCUT2D eigenvalue weighted by Gasteiger charge is 2.47. The topological polar surface area (TPSA) is 59.1 Å². The maximum atomic E-state index is 14.1. The Morgan fingerprint density at radius 3 is 1.96 bits per heavy atom. The van der Waals surface area contributed by atoms with E-state index >= 15 is 0 Å². The molecule has 4 rings (SSSR count). The minimum atomic E-state index is -5.53. The molecule has 1 aliphatic carbocycles. The molecule has 6 nitrogen and oxygen atoms in total. The maximum Gasteiger partial charge on any atom is 0.471 e. The van der Waals surface area contributed by atoms with Crippen LogP contribution in [0, 0.1) is 5.41 Å². The Hall–Kier alpha value is -4.12. The van der Waals surface area contributed by atoms with Gasteiger partial charge in [0.05, 0.1) is 35.5 Å². The lowest BCUT2D eigenvalue weighted by atomic mass is 9.72. The molecule has 0 N–H and O–H groups in total. The summed E-state index contributed by atoms with van der Waals surface area (Å²) in [6, 6.07) is 0.823. The Morgan fingerprint density at radius 2 is 1.48 bits per heavy atom. The Morgan fingerprint density at radius 1 is 0.920 bits per heavy atom. The van der Waals surface area contributed by atoms with Crippen LogP contribution in [0.2, 0.25) is 0 Å². The van der Waals surface area contributed by atoms with Crippen LogP contribution in [0.3, 0.4) is 0 Å². The van der Waals surface area contributed by atoms with E-state index in [1.54, 1.807) is 0 Å². The van der Waals surface area contributed by atoms with Crippen molar-refractivity contribution < 1.29 is 71.7 Å². The number of amides is 2. The summed E-state index contributed by atoms with van der Waals surface area (Å²) >= 11 is 0. The van der Waals surface area contributed by atoms with Crippen LogP contribution in [0.25, 0.3) is 5.57 Å². The average molecular weight is 735 g/mol. The van der Waals surface area contributed by atoms with Crippen molar-refractivity contribution in [3.05, 3.63) is 63.7 Å². The summed E-state index contributed by atoms with van der Waals surface area (Å²) in [6.07, 6.45) is -23.2. The van der Waals surface area contributed by atoms with Gasteiger partial charge in [-0.15, -0.1) is 0 Å². The second kappa shape index (κ2) is 12.9. The fraction of sp³-hybridized carbons (Fsp3) is 0.500. The zero-order chi connectivity index (χ0) is 37.9. The van der Waals surface area contributed by atoms with Crippen LogP contribution in [-0.2, 0) is 28.1 Å². The van der Waals surface area contributed by atoms with Crippen LogP contribution in [0.15, 0.2) is 35.9 Å². The average Bonchev–Trinajstić information content (AvgIpc) is 3.25. The molecule has 0 radical (unpaired) electrons. The van der Waals surface area contributed by atoms with Crippen molar-refractivity contribution >= 4 is 23.3 Å². The van der Waals surface area contributed by atoms with E-state index in [1.165, 1.54) is 6.92 Å². The Bertz CT molecular complexity index is 1660. The van der Waals surface area contributed by atoms with Crippen LogP contribution in [0.4, 0.5) is 63.2 Å². The summed E-state index contributed by atoms with van der Waals surface area (Å²) in [5.74, 6) is -3.00. The molecular weight excluding hydrogens is 704 g/mol. The van der Waals surface area contributed by atoms with Crippen molar-refractivity contribution in [3.8, 4) is 5.75 Å². The van der Waals surface area contributed by atoms with E-state index in [2.05, 4.69) is 0 Å². The van der Waals surface area contributed by atoms with Gasteiger partial charge in [-0.25, -0.2) is 4.79 Å². The number of nitrogens with zero attached hydrogens (tertiary/aromatic N) is 2. The second-order valence-electron chi connectivity index (χ2n) is 12.9. The highest BCUT2D eigenvalue weighted by Crippen LogP contribution is 2.49. The molecule has 2 aromatic rings. The van der Waals surface area contributed by atoms with Crippen LogP contribution in [0.5, 0.6) is 5.75 Å². The number of alkyl halides is 12. The molecule has 276 valence electrons. The third-order valence-electron chi connectivity index (χ3n) is 8.72. The number of rotatable bonds is 6. The van der Waals surface area contributed by atoms with Gasteiger partial charge in [0.2, 0.25) is 0 Å². The summed E-state index contributed by atoms with van der Waals surface area (Å²) in [4.78, 5) is 26.0. The van der Waals surface area contributed by atoms with Crippen LogP contribution >= 0.6 is 0 Å². The molecule has 0 unspecified atom stereocenters. The summed E-state index contributed by atoms with van der Waals surface area (Å²) in [5, 5.41) is 0. The summed E-state index contributed by atoms with van der Waals surface area (Å²) < 4.78 is 174. The number of cyclic esters (lactones) is 1. The van der Waals surface area contributed by atoms with Crippen molar-refractivity contribution in [2.45, 2.75) is 76.9 Å². The predicted octanol–water partition coefficient (Wildman–Crippen LogP) is 9.82. The van der Waals surface area contributed by atoms with Crippen molar-refractivity contribution in [1.29, 1.82) is 0 Å². The van der Waals surface area contributed by atoms with Gasteiger partial charge < -0.3 is 14.4 Å². The van der Waals surface area contributed by atoms with Crippen molar-refractivity contribution in [1.82, 2.24) is 4.90 Å². The minimum absolute atomic E-state index is 0.0741. The first-order valence-corrected chi connectivity index (χ1v) is 14.8. The van der Waals surface area contributed by atoms with Crippen molar-refractivity contribution in [3.63, 3.8) is 0 Å². The molecule has 1 saturated heterocycles. The quantitative estimate of drug-likeness (QED) is 0.278. The molecule has 2 amide bonds. The lowest BCUT2D eigenvalue weighted by molar-refractivity contribution is -0.170. The fourth-order valence-electron chi connectivity index (χ4n) is 6.18. The first kappa shape index (κ1) is 38.7. The SMILES string of the molecule is COc1cc(C(F)(F)F)c(N(C)C(=O)C(F)(F)F)cc1C1=C(CN2C(=O)O[C@H](c3cc(C(F)(F)F)cc(C(F)(F)F)c3)[C@@H]2C)CC(C)(C)CC1. The van der Waals surface area contributed by atoms with E-state index in [1.807, 2.05) is 13.8 Å². The van der Waals surface area contributed by atoms with Gasteiger partial charge in [0.25, 0.3) is 0 Å². The van der Waals surface area contributed by atoms with E-state index in [-0.39, 0.29) is 41.5 Å². The molecule has 1 fully saturated rings. The summed E-state index contributed by atoms with van der Waals surface area (Å²) in [5.41, 5.74) is -6.57. The lowest BCUT2D eigenvalue weighted by Gasteiger charge is -2.36. The van der Waals surface area contributed by atoms with Crippen LogP contribution in [-0.4, -0.2) is 49.8 Å². The van der Waals surface area contributed by atoms with Gasteiger partial charge in [0.1, 0.15) is 11.9 Å². The van der Waals surface area contributed by atoms with Gasteiger partial charge in [-0.3, -0.25) is 9.69 Å². The predicted molar refractivity (Wildman–Crippen MR) is 154 cm³/mol. The van der Waals surface area contributed by atoms with Crippen LogP contribution in [0.1, 0.15) is 74.0 Å². The number of allylic oxidation sites excluding steroid dienone is 1. The monoisotopic (exact) mass is 734 g/mol. The van der Waals surface area contributed by atoms with Gasteiger partial charge in [-0.1, -0.05) is 13.8 Å². The van der Waals surface area contributed by atoms with Gasteiger partial charge >= 0.3 is 36.7 Å². The highest BCUT2D eigenvalue weighted by atomic mass is 19.4. The molecule has 0 aromatic heterocycles. The number of methoxy groups -OCH3 is 1. The third-order valence-corrected chi connectivity index (χ3v) is 8.72. The fourth-order valence-corrected chi connectivity index (χ4v) is 6.18. The molecule has 1 aliphatic heterocycles. The molecule has 50 heavy (non-hydrogen) atoms. The highest BCUT2D eigenvalue weighted by molar-refractivity contribution is 5.98. The first-order valence-electron chi connectivity index (χ1n) is 14.8. The number of hydrogen-bond donors (Lipinski definition) is 0. The van der Waals surface area contributed by atoms with Gasteiger partial charge in [-0.2, -0.15) is 52.7 Å². The first-order chi connectivity index (χ1) is 22.7. The van der Waals surface area contributed by atoms with Gasteiger partial charge in [0, 0.05) is 19.2 Å². The van der Waals surface area contributed by atoms with Crippen molar-refractivity contribution in [2.24, 2.45) is 5.41 Å². The molecule has 2 aliphatic rings. The number of ether oxygens (including phenoxy) is 2. The number of halogens is 12. The van der Waals surface area contributed by atoms with E-state index in [4.69, 9.17) is 9.47 Å². The normalized spacial score (nSPS) is 20.3. The maximum absolute atomic E-state index is 14.1. The molecule has 2 aromatic carbocycles. The molecule has 0 bridgehead atoms. The Labute approximate surface area is 277 Å². The zero-order valence-corrected chi connectivity index (χ0v) is 26.9. The van der Waals surface area contributed by atoms with Crippen LogP contribution < -0.4 is 9.64 Å². The standard InChI is InChI=1S/C32H30F12N2O4/c1-15-25(16-8-18(29(33,34)35)10-19(9-16)30(36,37)38)50-27(48)46(15)14-17-13-28(2,3)7-6-20(17)21-11-23(45(4)26(47)32(42,43)44)22(31(39,40)41)12-24(21)49-5/h8-12,15,25H,6-7,13-14H2,1-5H3/t15-,25-/m0/s1. The van der Waals surface area contributed by atoms with Gasteiger partial charge in [-0.05, 0) is 78.6 Å². The van der Waals surface area contributed by atoms with E-state index in [0.717, 1.165) is 18.1 Å². The lowest BCUT2D eigenvalue weighted by Crippen LogP contribution is -2.39. The molecule has 2 atom stereocenters. The van der Waals surface area contributed by atoms with Crippen molar-refractivity contribution in [2.75, 3.05) is 25.6 Å². The number of benzene rings is 2. The zero-order valence-electron chi connectivity index (χ0n) is 26.9. The van der Waals surface area contributed by atoms with E-state index in [0.29, 0.717) is 37.2 Å². The Kier molecular flexibility index (Phi) is 9.97. The molecule has 0 saturated carbocycles. The molecular formula is C32H30F12N2O4. The largest absolute Gasteiger partial charge is 0.496 e. The summed E-state index contributed by atoms with van der Waals surface area (Å²) in [7, 11) is 1.54. The smallest absolute Gasteiger partial charge is 0.471 e. The second-order valence-corrected chi connectivity index (χ2v) is 12.9. The number of carbonyl (C=O) groups is 2. The summed E-state index contributed by atoms with van der Waals surface area (Å²) in [6.45, 7) is 4.61. The Balaban J connectivity index is 1.84.